The van der Waals surface area contributed by atoms with Crippen LogP contribution in [-0.4, -0.2) is 28.0 Å². The lowest BCUT2D eigenvalue weighted by Crippen LogP contribution is -2.38. The van der Waals surface area contributed by atoms with Crippen molar-refractivity contribution in [1.29, 1.82) is 0 Å². The molecule has 0 radical (unpaired) electrons. The lowest BCUT2D eigenvalue weighted by molar-refractivity contribution is 0.0520. The molecule has 1 N–H and O–H groups in total. The van der Waals surface area contributed by atoms with Gasteiger partial charge in [-0.05, 0) is 12.5 Å². The van der Waals surface area contributed by atoms with Gasteiger partial charge in [0.2, 0.25) is 0 Å². The normalized spacial score (nSPS) is 17.0. The van der Waals surface area contributed by atoms with Crippen LogP contribution in [0.3, 0.4) is 0 Å². The van der Waals surface area contributed by atoms with Gasteiger partial charge in [0.15, 0.2) is 11.5 Å². The van der Waals surface area contributed by atoms with E-state index in [4.69, 9.17) is 4.74 Å². The first-order chi connectivity index (χ1) is 10.2. The number of rotatable bonds is 3. The van der Waals surface area contributed by atoms with Gasteiger partial charge in [-0.1, -0.05) is 30.3 Å². The van der Waals surface area contributed by atoms with Gasteiger partial charge in [-0.15, -0.1) is 0 Å². The Balaban J connectivity index is 1.88. The molecule has 6 nitrogen and oxygen atoms in total. The molecule has 6 heteroatoms. The van der Waals surface area contributed by atoms with Crippen LogP contribution < -0.4 is 5.32 Å². The summed E-state index contributed by atoms with van der Waals surface area (Å²) in [5, 5.41) is 2.90. The summed E-state index contributed by atoms with van der Waals surface area (Å²) in [4.78, 5) is 27.9. The van der Waals surface area contributed by atoms with E-state index in [1.54, 1.807) is 17.7 Å². The Morgan fingerprint density at radius 1 is 1.43 bits per heavy atom. The summed E-state index contributed by atoms with van der Waals surface area (Å²) in [5.74, 6) is -0.556. The van der Waals surface area contributed by atoms with Crippen LogP contribution in [-0.2, 0) is 11.3 Å². The minimum absolute atomic E-state index is 0.129. The number of hydrogen-bond donors (Lipinski definition) is 1. The standard InChI is InChI=1S/C15H15N3O3/c1-2-21-15(20)12-9-18-8-11(10-6-4-3-5-7-10)17-14(19)13(18)16-12/h3-7,9,11H,2,8H2,1H3,(H,17,19)/t11-/m1/s1. The number of fused-ring (bicyclic) bond motifs is 1. The van der Waals surface area contributed by atoms with Crippen molar-refractivity contribution in [3.8, 4) is 0 Å². The Morgan fingerprint density at radius 3 is 2.90 bits per heavy atom. The van der Waals surface area contributed by atoms with Crippen molar-refractivity contribution in [3.05, 3.63) is 53.6 Å². The van der Waals surface area contributed by atoms with E-state index >= 15 is 0 Å². The number of carbonyl (C=O) groups excluding carboxylic acids is 2. The van der Waals surface area contributed by atoms with Gasteiger partial charge in [-0.25, -0.2) is 9.78 Å². The summed E-state index contributed by atoms with van der Waals surface area (Å²) in [5.41, 5.74) is 1.18. The zero-order valence-corrected chi connectivity index (χ0v) is 11.6. The number of imidazole rings is 1. The highest BCUT2D eigenvalue weighted by Crippen LogP contribution is 2.21. The molecule has 1 aliphatic heterocycles. The average Bonchev–Trinajstić information content (AvgIpc) is 2.93. The van der Waals surface area contributed by atoms with Crippen molar-refractivity contribution < 1.29 is 14.3 Å². The molecule has 1 aliphatic rings. The molecule has 1 aromatic carbocycles. The van der Waals surface area contributed by atoms with Crippen LogP contribution in [0.2, 0.25) is 0 Å². The Bertz CT molecular complexity index is 679. The summed E-state index contributed by atoms with van der Waals surface area (Å²) in [6, 6.07) is 9.56. The van der Waals surface area contributed by atoms with E-state index in [1.165, 1.54) is 0 Å². The van der Waals surface area contributed by atoms with Crippen LogP contribution in [0.1, 0.15) is 39.6 Å². The number of carbonyl (C=O) groups is 2. The highest BCUT2D eigenvalue weighted by atomic mass is 16.5. The lowest BCUT2D eigenvalue weighted by atomic mass is 10.1. The third kappa shape index (κ3) is 2.52. The van der Waals surface area contributed by atoms with Crippen LogP contribution in [0.5, 0.6) is 0 Å². The number of hydrogen-bond acceptors (Lipinski definition) is 4. The van der Waals surface area contributed by atoms with Gasteiger partial charge >= 0.3 is 5.97 Å². The fourth-order valence-electron chi connectivity index (χ4n) is 2.38. The molecular weight excluding hydrogens is 270 g/mol. The maximum absolute atomic E-state index is 12.1. The maximum atomic E-state index is 12.1. The van der Waals surface area contributed by atoms with Crippen LogP contribution in [0.15, 0.2) is 36.5 Å². The summed E-state index contributed by atoms with van der Waals surface area (Å²) < 4.78 is 6.60. The molecule has 108 valence electrons. The molecule has 21 heavy (non-hydrogen) atoms. The summed E-state index contributed by atoms with van der Waals surface area (Å²) >= 11 is 0. The second kappa shape index (κ2) is 5.40. The van der Waals surface area contributed by atoms with Gasteiger partial charge in [0.05, 0.1) is 12.6 Å². The van der Waals surface area contributed by atoms with E-state index in [0.29, 0.717) is 6.54 Å². The zero-order chi connectivity index (χ0) is 14.8. The van der Waals surface area contributed by atoms with Crippen LogP contribution in [0, 0.1) is 0 Å². The molecule has 3 rings (SSSR count). The van der Waals surface area contributed by atoms with Gasteiger partial charge in [0.1, 0.15) is 0 Å². The van der Waals surface area contributed by atoms with Crippen LogP contribution in [0.25, 0.3) is 0 Å². The van der Waals surface area contributed by atoms with E-state index in [0.717, 1.165) is 5.56 Å². The molecule has 0 saturated carbocycles. The number of esters is 1. The Kier molecular flexibility index (Phi) is 3.43. The molecule has 0 bridgehead atoms. The predicted molar refractivity (Wildman–Crippen MR) is 74.8 cm³/mol. The minimum atomic E-state index is -0.511. The first-order valence-corrected chi connectivity index (χ1v) is 6.79. The van der Waals surface area contributed by atoms with Gasteiger partial charge in [0.25, 0.3) is 5.91 Å². The maximum Gasteiger partial charge on any atom is 0.358 e. The minimum Gasteiger partial charge on any atom is -0.461 e. The number of amides is 1. The second-order valence-electron chi connectivity index (χ2n) is 4.76. The fourth-order valence-corrected chi connectivity index (χ4v) is 2.38. The van der Waals surface area contributed by atoms with Gasteiger partial charge < -0.3 is 14.6 Å². The molecule has 1 amide bonds. The largest absolute Gasteiger partial charge is 0.461 e. The van der Waals surface area contributed by atoms with Crippen molar-refractivity contribution in [2.24, 2.45) is 0 Å². The first kappa shape index (κ1) is 13.4. The number of ether oxygens (including phenoxy) is 1. The molecule has 2 aromatic rings. The Labute approximate surface area is 121 Å². The molecule has 0 fully saturated rings. The molecular formula is C15H15N3O3. The van der Waals surface area contributed by atoms with Crippen LogP contribution in [0.4, 0.5) is 0 Å². The van der Waals surface area contributed by atoms with Gasteiger partial charge in [-0.3, -0.25) is 4.79 Å². The van der Waals surface area contributed by atoms with Crippen molar-refractivity contribution in [1.82, 2.24) is 14.9 Å². The highest BCUT2D eigenvalue weighted by molar-refractivity contribution is 5.94. The summed E-state index contributed by atoms with van der Waals surface area (Å²) in [7, 11) is 0. The first-order valence-electron chi connectivity index (χ1n) is 6.79. The van der Waals surface area contributed by atoms with E-state index in [9.17, 15) is 9.59 Å². The van der Waals surface area contributed by atoms with Crippen molar-refractivity contribution in [2.45, 2.75) is 19.5 Å². The summed E-state index contributed by atoms with van der Waals surface area (Å²) in [6.07, 6.45) is 1.57. The average molecular weight is 285 g/mol. The van der Waals surface area contributed by atoms with Crippen LogP contribution >= 0.6 is 0 Å². The van der Waals surface area contributed by atoms with Gasteiger partial charge in [0, 0.05) is 12.7 Å². The molecule has 2 heterocycles. The SMILES string of the molecule is CCOC(=O)c1cn2c(n1)C(=O)N[C@@H](c1ccccc1)C2. The molecule has 0 unspecified atom stereocenters. The van der Waals surface area contributed by atoms with Crippen molar-refractivity contribution in [2.75, 3.05) is 6.61 Å². The number of benzene rings is 1. The summed E-state index contributed by atoms with van der Waals surface area (Å²) in [6.45, 7) is 2.55. The monoisotopic (exact) mass is 285 g/mol. The second-order valence-corrected chi connectivity index (χ2v) is 4.76. The molecule has 1 atom stereocenters. The number of nitrogens with one attached hydrogen (secondary N) is 1. The van der Waals surface area contributed by atoms with E-state index in [2.05, 4.69) is 10.3 Å². The Morgan fingerprint density at radius 2 is 2.19 bits per heavy atom. The predicted octanol–water partition coefficient (Wildman–Crippen LogP) is 1.54. The topological polar surface area (TPSA) is 73.2 Å². The lowest BCUT2D eigenvalue weighted by Gasteiger charge is -2.24. The quantitative estimate of drug-likeness (QED) is 0.868. The van der Waals surface area contributed by atoms with E-state index < -0.39 is 5.97 Å². The van der Waals surface area contributed by atoms with Crippen molar-refractivity contribution in [3.63, 3.8) is 0 Å². The third-order valence-corrected chi connectivity index (χ3v) is 3.35. The molecule has 0 aliphatic carbocycles. The van der Waals surface area contributed by atoms with Crippen molar-refractivity contribution >= 4 is 11.9 Å². The number of aromatic nitrogens is 2. The molecule has 0 saturated heterocycles. The number of nitrogens with zero attached hydrogens (tertiary/aromatic N) is 2. The van der Waals surface area contributed by atoms with Gasteiger partial charge in [-0.2, -0.15) is 0 Å². The highest BCUT2D eigenvalue weighted by Gasteiger charge is 2.28. The zero-order valence-electron chi connectivity index (χ0n) is 11.6. The molecule has 1 aromatic heterocycles. The Hall–Kier alpha value is -2.63. The third-order valence-electron chi connectivity index (χ3n) is 3.35. The fraction of sp³-hybridized carbons (Fsp3) is 0.267. The van der Waals surface area contributed by atoms with E-state index in [-0.39, 0.29) is 30.1 Å². The van der Waals surface area contributed by atoms with E-state index in [1.807, 2.05) is 30.3 Å². The smallest absolute Gasteiger partial charge is 0.358 e. The molecule has 0 spiro atoms.